The lowest BCUT2D eigenvalue weighted by atomic mass is 9.98. The molecule has 0 heterocycles. The molecule has 0 radical (unpaired) electrons. The van der Waals surface area contributed by atoms with Crippen LogP contribution in [0.3, 0.4) is 0 Å². The average Bonchev–Trinajstić information content (AvgIpc) is 2.86. The van der Waals surface area contributed by atoms with Crippen molar-refractivity contribution in [2.75, 3.05) is 13.9 Å². The Morgan fingerprint density at radius 1 is 0.719 bits per heavy atom. The van der Waals surface area contributed by atoms with Crippen LogP contribution in [0, 0.1) is 0 Å². The maximum absolute atomic E-state index is 11.6. The van der Waals surface area contributed by atoms with Crippen molar-refractivity contribution in [2.24, 2.45) is 0 Å². The molecule has 0 bridgehead atoms. The second kappa shape index (κ2) is 13.6. The van der Waals surface area contributed by atoms with Gasteiger partial charge in [-0.2, -0.15) is 0 Å². The van der Waals surface area contributed by atoms with Crippen molar-refractivity contribution in [1.29, 1.82) is 0 Å². The summed E-state index contributed by atoms with van der Waals surface area (Å²) in [6.45, 7) is 0.836. The molecule has 0 aliphatic heterocycles. The van der Waals surface area contributed by atoms with Gasteiger partial charge in [0.05, 0.1) is 19.3 Å². The molecule has 0 aromatic heterocycles. The molecule has 0 saturated heterocycles. The van der Waals surface area contributed by atoms with Crippen molar-refractivity contribution in [2.45, 2.75) is 37.9 Å². The average molecular weight is 435 g/mol. The molecule has 0 amide bonds. The number of carbonyl (C=O) groups excluding carboxylic acids is 1. The zero-order chi connectivity index (χ0) is 22.4. The molecule has 3 aromatic rings. The first kappa shape index (κ1) is 23.8. The smallest absolute Gasteiger partial charge is 0.147 e. The molecule has 3 atom stereocenters. The van der Waals surface area contributed by atoms with E-state index in [0.717, 1.165) is 23.0 Å². The molecular weight excluding hydrogens is 404 g/mol. The standard InChI is InChI=1S/C27H30O5/c1-29-21-32-26(24-15-9-4-10-16-24)27(31-20-23-13-7-3-8-14-23)25(17-18-28)30-19-22-11-5-2-6-12-22/h2-16,18,25-27H,17,19-21H2,1H3/t25-,26+,27-/m0/s1. The predicted octanol–water partition coefficient (Wildman–Crippen LogP) is 5.11. The number of rotatable bonds is 14. The first-order valence-corrected chi connectivity index (χ1v) is 10.7. The van der Waals surface area contributed by atoms with Gasteiger partial charge in [-0.3, -0.25) is 0 Å². The van der Waals surface area contributed by atoms with Crippen LogP contribution in [0.25, 0.3) is 0 Å². The molecule has 0 fully saturated rings. The summed E-state index contributed by atoms with van der Waals surface area (Å²) in [6.07, 6.45) is -0.445. The SMILES string of the molecule is COCO[C@H](c1ccccc1)[C@@H](OCc1ccccc1)[C@H](CC=O)OCc1ccccc1. The first-order valence-electron chi connectivity index (χ1n) is 10.7. The second-order valence-corrected chi connectivity index (χ2v) is 7.40. The Balaban J connectivity index is 1.86. The summed E-state index contributed by atoms with van der Waals surface area (Å²) in [4.78, 5) is 11.6. The number of carbonyl (C=O) groups is 1. The van der Waals surface area contributed by atoms with Crippen LogP contribution < -0.4 is 0 Å². The zero-order valence-corrected chi connectivity index (χ0v) is 18.3. The maximum atomic E-state index is 11.6. The van der Waals surface area contributed by atoms with Gasteiger partial charge in [-0.05, 0) is 16.7 Å². The van der Waals surface area contributed by atoms with E-state index in [1.807, 2.05) is 91.0 Å². The fourth-order valence-corrected chi connectivity index (χ4v) is 3.49. The van der Waals surface area contributed by atoms with E-state index in [1.54, 1.807) is 7.11 Å². The predicted molar refractivity (Wildman–Crippen MR) is 123 cm³/mol. The Morgan fingerprint density at radius 2 is 1.25 bits per heavy atom. The molecule has 3 rings (SSSR count). The summed E-state index contributed by atoms with van der Waals surface area (Å²) in [7, 11) is 1.58. The van der Waals surface area contributed by atoms with E-state index >= 15 is 0 Å². The number of ether oxygens (including phenoxy) is 4. The second-order valence-electron chi connectivity index (χ2n) is 7.40. The minimum atomic E-state index is -0.526. The van der Waals surface area contributed by atoms with Crippen LogP contribution in [-0.2, 0) is 37.0 Å². The summed E-state index contributed by atoms with van der Waals surface area (Å²) in [6, 6.07) is 29.6. The highest BCUT2D eigenvalue weighted by molar-refractivity contribution is 5.50. The molecular formula is C27H30O5. The van der Waals surface area contributed by atoms with Crippen molar-refractivity contribution in [3.8, 4) is 0 Å². The molecule has 0 saturated carbocycles. The molecule has 0 spiro atoms. The van der Waals surface area contributed by atoms with E-state index in [0.29, 0.717) is 13.2 Å². The third-order valence-corrected chi connectivity index (χ3v) is 5.08. The third-order valence-electron chi connectivity index (χ3n) is 5.08. The number of hydrogen-bond donors (Lipinski definition) is 0. The maximum Gasteiger partial charge on any atom is 0.147 e. The van der Waals surface area contributed by atoms with Crippen LogP contribution in [0.1, 0.15) is 29.2 Å². The van der Waals surface area contributed by atoms with Gasteiger partial charge in [0, 0.05) is 13.5 Å². The fourth-order valence-electron chi connectivity index (χ4n) is 3.49. The Bertz CT molecular complexity index is 886. The van der Waals surface area contributed by atoms with E-state index in [1.165, 1.54) is 0 Å². The van der Waals surface area contributed by atoms with Crippen LogP contribution in [0.15, 0.2) is 91.0 Å². The quantitative estimate of drug-likeness (QED) is 0.261. The van der Waals surface area contributed by atoms with Crippen molar-refractivity contribution in [1.82, 2.24) is 0 Å². The highest BCUT2D eigenvalue weighted by atomic mass is 16.7. The lowest BCUT2D eigenvalue weighted by Crippen LogP contribution is -2.38. The van der Waals surface area contributed by atoms with Gasteiger partial charge in [-0.15, -0.1) is 0 Å². The summed E-state index contributed by atoms with van der Waals surface area (Å²) >= 11 is 0. The summed E-state index contributed by atoms with van der Waals surface area (Å²) in [5, 5.41) is 0. The van der Waals surface area contributed by atoms with Gasteiger partial charge < -0.3 is 23.7 Å². The van der Waals surface area contributed by atoms with Gasteiger partial charge in [-0.1, -0.05) is 91.0 Å². The van der Waals surface area contributed by atoms with Gasteiger partial charge in [0.2, 0.25) is 0 Å². The Kier molecular flexibility index (Phi) is 10.1. The lowest BCUT2D eigenvalue weighted by Gasteiger charge is -2.33. The van der Waals surface area contributed by atoms with Crippen molar-refractivity contribution in [3.05, 3.63) is 108 Å². The summed E-state index contributed by atoms with van der Waals surface area (Å²) < 4.78 is 23.9. The molecule has 3 aromatic carbocycles. The number of hydrogen-bond acceptors (Lipinski definition) is 5. The topological polar surface area (TPSA) is 54.0 Å². The van der Waals surface area contributed by atoms with Crippen LogP contribution in [-0.4, -0.2) is 32.4 Å². The molecule has 0 aliphatic carbocycles. The molecule has 168 valence electrons. The van der Waals surface area contributed by atoms with Crippen LogP contribution in [0.2, 0.25) is 0 Å². The minimum absolute atomic E-state index is 0.0945. The van der Waals surface area contributed by atoms with Gasteiger partial charge in [-0.25, -0.2) is 0 Å². The molecule has 32 heavy (non-hydrogen) atoms. The van der Waals surface area contributed by atoms with Crippen molar-refractivity contribution < 1.29 is 23.7 Å². The van der Waals surface area contributed by atoms with E-state index in [4.69, 9.17) is 18.9 Å². The summed E-state index contributed by atoms with van der Waals surface area (Å²) in [5.41, 5.74) is 2.99. The van der Waals surface area contributed by atoms with Crippen LogP contribution >= 0.6 is 0 Å². The van der Waals surface area contributed by atoms with Gasteiger partial charge in [0.1, 0.15) is 25.3 Å². The Hall–Kier alpha value is -2.83. The van der Waals surface area contributed by atoms with Crippen molar-refractivity contribution in [3.63, 3.8) is 0 Å². The molecule has 5 nitrogen and oxygen atoms in total. The number of benzene rings is 3. The molecule has 0 unspecified atom stereocenters. The largest absolute Gasteiger partial charge is 0.370 e. The fraction of sp³-hybridized carbons (Fsp3) is 0.296. The van der Waals surface area contributed by atoms with Crippen LogP contribution in [0.5, 0.6) is 0 Å². The minimum Gasteiger partial charge on any atom is -0.370 e. The van der Waals surface area contributed by atoms with E-state index in [9.17, 15) is 4.79 Å². The highest BCUT2D eigenvalue weighted by Crippen LogP contribution is 2.29. The first-order chi connectivity index (χ1) is 15.8. The number of methoxy groups -OCH3 is 1. The molecule has 0 N–H and O–H groups in total. The van der Waals surface area contributed by atoms with Gasteiger partial charge >= 0.3 is 0 Å². The highest BCUT2D eigenvalue weighted by Gasteiger charge is 2.33. The summed E-state index contributed by atoms with van der Waals surface area (Å²) in [5.74, 6) is 0. The van der Waals surface area contributed by atoms with Gasteiger partial charge in [0.25, 0.3) is 0 Å². The van der Waals surface area contributed by atoms with Gasteiger partial charge in [0.15, 0.2) is 0 Å². The van der Waals surface area contributed by atoms with E-state index in [2.05, 4.69) is 0 Å². The molecule has 5 heteroatoms. The number of aldehydes is 1. The normalized spacial score (nSPS) is 13.9. The molecule has 0 aliphatic rings. The van der Waals surface area contributed by atoms with Crippen LogP contribution in [0.4, 0.5) is 0 Å². The van der Waals surface area contributed by atoms with E-state index < -0.39 is 18.3 Å². The van der Waals surface area contributed by atoms with E-state index in [-0.39, 0.29) is 13.2 Å². The Labute approximate surface area is 189 Å². The van der Waals surface area contributed by atoms with Crippen molar-refractivity contribution >= 4 is 6.29 Å². The third kappa shape index (κ3) is 7.39. The lowest BCUT2D eigenvalue weighted by molar-refractivity contribution is -0.177. The Morgan fingerprint density at radius 3 is 1.78 bits per heavy atom. The monoisotopic (exact) mass is 434 g/mol. The zero-order valence-electron chi connectivity index (χ0n) is 18.3.